The van der Waals surface area contributed by atoms with Crippen LogP contribution in [0, 0.1) is 11.3 Å². The molecule has 0 amide bonds. The van der Waals surface area contributed by atoms with Gasteiger partial charge in [0.25, 0.3) is 0 Å². The van der Waals surface area contributed by atoms with Crippen molar-refractivity contribution < 1.29 is 4.74 Å². The van der Waals surface area contributed by atoms with Crippen LogP contribution >= 0.6 is 0 Å². The summed E-state index contributed by atoms with van der Waals surface area (Å²) in [6, 6.07) is 16.6. The number of ether oxygens (including phenoxy) is 1. The molecule has 1 unspecified atom stereocenters. The zero-order valence-corrected chi connectivity index (χ0v) is 29.1. The molecular formula is C39H55N5O. The number of allylic oxidation sites excluding steroid dienone is 4. The van der Waals surface area contributed by atoms with Gasteiger partial charge in [0.2, 0.25) is 0 Å². The largest absolute Gasteiger partial charge is 0.457 e. The minimum absolute atomic E-state index is 0.0942. The van der Waals surface area contributed by atoms with Crippen LogP contribution in [-0.2, 0) is 6.54 Å². The second-order valence-corrected chi connectivity index (χ2v) is 13.5. The molecule has 1 aliphatic heterocycles. The molecule has 0 saturated carbocycles. The Bertz CT molecular complexity index is 1520. The molecule has 0 aliphatic carbocycles. The molecule has 1 saturated heterocycles. The first-order chi connectivity index (χ1) is 21.5. The van der Waals surface area contributed by atoms with Crippen molar-refractivity contribution in [2.75, 3.05) is 38.5 Å². The van der Waals surface area contributed by atoms with E-state index >= 15 is 0 Å². The van der Waals surface area contributed by atoms with Crippen LogP contribution in [0.15, 0.2) is 89.5 Å². The Morgan fingerprint density at radius 1 is 1.02 bits per heavy atom. The summed E-state index contributed by atoms with van der Waals surface area (Å²) in [5.41, 5.74) is 6.14. The van der Waals surface area contributed by atoms with Gasteiger partial charge in [-0.3, -0.25) is 9.88 Å². The van der Waals surface area contributed by atoms with E-state index in [0.717, 1.165) is 85.0 Å². The molecule has 6 heteroatoms. The lowest BCUT2D eigenvalue weighted by atomic mass is 9.85. The van der Waals surface area contributed by atoms with Gasteiger partial charge in [0.1, 0.15) is 17.3 Å². The lowest BCUT2D eigenvalue weighted by molar-refractivity contribution is 0.147. The summed E-state index contributed by atoms with van der Waals surface area (Å²) in [6.45, 7) is 23.1. The van der Waals surface area contributed by atoms with Gasteiger partial charge in [-0.05, 0) is 81.0 Å². The fourth-order valence-corrected chi connectivity index (χ4v) is 5.60. The van der Waals surface area contributed by atoms with Gasteiger partial charge in [0.05, 0.1) is 5.69 Å². The maximum Gasteiger partial charge on any atom is 0.135 e. The van der Waals surface area contributed by atoms with E-state index in [1.54, 1.807) is 0 Å². The molecule has 4 rings (SSSR count). The summed E-state index contributed by atoms with van der Waals surface area (Å²) >= 11 is 0. The smallest absolute Gasteiger partial charge is 0.135 e. The lowest BCUT2D eigenvalue weighted by Gasteiger charge is -2.32. The van der Waals surface area contributed by atoms with Gasteiger partial charge in [-0.25, -0.2) is 0 Å². The summed E-state index contributed by atoms with van der Waals surface area (Å²) in [5.74, 6) is 3.09. The third kappa shape index (κ3) is 9.21. The second-order valence-electron chi connectivity index (χ2n) is 13.5. The van der Waals surface area contributed by atoms with Gasteiger partial charge in [0.15, 0.2) is 0 Å². The average molecular weight is 610 g/mol. The van der Waals surface area contributed by atoms with Gasteiger partial charge in [-0.1, -0.05) is 71.4 Å². The second kappa shape index (κ2) is 15.6. The fourth-order valence-electron chi connectivity index (χ4n) is 5.60. The predicted molar refractivity (Wildman–Crippen MR) is 192 cm³/mol. The number of hydrogen-bond donors (Lipinski definition) is 2. The molecule has 2 heterocycles. The molecule has 1 atom stereocenters. The summed E-state index contributed by atoms with van der Waals surface area (Å²) < 4.78 is 6.51. The van der Waals surface area contributed by atoms with Gasteiger partial charge >= 0.3 is 0 Å². The van der Waals surface area contributed by atoms with Crippen LogP contribution in [0.4, 0.5) is 5.69 Å². The van der Waals surface area contributed by atoms with E-state index in [2.05, 4.69) is 142 Å². The van der Waals surface area contributed by atoms with Crippen LogP contribution in [-0.4, -0.2) is 48.0 Å². The van der Waals surface area contributed by atoms with E-state index in [0.29, 0.717) is 5.92 Å². The minimum Gasteiger partial charge on any atom is -0.457 e. The minimum atomic E-state index is 0.0942. The third-order valence-corrected chi connectivity index (χ3v) is 9.19. The third-order valence-electron chi connectivity index (χ3n) is 9.19. The fraction of sp³-hybridized carbons (Fsp3) is 0.462. The Kier molecular flexibility index (Phi) is 11.9. The molecule has 45 heavy (non-hydrogen) atoms. The van der Waals surface area contributed by atoms with Crippen molar-refractivity contribution in [1.29, 1.82) is 0 Å². The lowest BCUT2D eigenvalue weighted by Crippen LogP contribution is -2.43. The number of anilines is 1. The molecule has 1 aliphatic rings. The highest BCUT2D eigenvalue weighted by Gasteiger charge is 2.18. The number of fused-ring (bicyclic) bond motifs is 1. The maximum absolute atomic E-state index is 6.51. The first-order valence-electron chi connectivity index (χ1n) is 16.7. The van der Waals surface area contributed by atoms with Crippen LogP contribution in [0.5, 0.6) is 11.5 Å². The molecular weight excluding hydrogens is 554 g/mol. The van der Waals surface area contributed by atoms with Crippen LogP contribution in [0.3, 0.4) is 0 Å². The van der Waals surface area contributed by atoms with Gasteiger partial charge in [0, 0.05) is 67.1 Å². The molecule has 3 aromatic rings. The molecule has 2 N–H and O–H groups in total. The average Bonchev–Trinajstić information content (AvgIpc) is 3.02. The van der Waals surface area contributed by atoms with Crippen molar-refractivity contribution >= 4 is 16.5 Å². The highest BCUT2D eigenvalue weighted by molar-refractivity contribution is 5.98. The number of pyridine rings is 1. The van der Waals surface area contributed by atoms with Crippen LogP contribution in [0.2, 0.25) is 0 Å². The first-order valence-corrected chi connectivity index (χ1v) is 16.7. The Labute approximate surface area is 272 Å². The highest BCUT2D eigenvalue weighted by atomic mass is 16.5. The van der Waals surface area contributed by atoms with Gasteiger partial charge in [-0.2, -0.15) is 0 Å². The Balaban J connectivity index is 1.59. The molecule has 242 valence electrons. The molecule has 0 radical (unpaired) electrons. The van der Waals surface area contributed by atoms with Crippen molar-refractivity contribution in [1.82, 2.24) is 20.1 Å². The Morgan fingerprint density at radius 2 is 1.73 bits per heavy atom. The number of benzene rings is 2. The molecule has 0 spiro atoms. The highest BCUT2D eigenvalue weighted by Crippen LogP contribution is 2.35. The summed E-state index contributed by atoms with van der Waals surface area (Å²) in [5, 5.41) is 9.66. The molecule has 1 fully saturated rings. The van der Waals surface area contributed by atoms with Crippen LogP contribution in [0.1, 0.15) is 73.9 Å². The normalized spacial score (nSPS) is 16.8. The Morgan fingerprint density at radius 3 is 2.38 bits per heavy atom. The monoisotopic (exact) mass is 609 g/mol. The first kappa shape index (κ1) is 34.3. The Hall–Kier alpha value is -3.61. The SMILES string of the molecule is CC=C(NC(/C=C(\C)C(C)(C)C)=C(\CC)C(C)CC)Nc1ccc(Oc2ccnc(CN3CCN(C)CC3)c2)c2ccccc12. The number of aromatic nitrogens is 1. The van der Waals surface area contributed by atoms with Crippen molar-refractivity contribution in [3.05, 3.63) is 95.2 Å². The van der Waals surface area contributed by atoms with Crippen molar-refractivity contribution in [3.63, 3.8) is 0 Å². The van der Waals surface area contributed by atoms with Crippen LogP contribution < -0.4 is 15.4 Å². The summed E-state index contributed by atoms with van der Waals surface area (Å²) in [6.07, 6.45) is 8.42. The number of hydrogen-bond acceptors (Lipinski definition) is 6. The van der Waals surface area contributed by atoms with E-state index < -0.39 is 0 Å². The number of nitrogens with zero attached hydrogens (tertiary/aromatic N) is 3. The molecule has 0 bridgehead atoms. The number of likely N-dealkylation sites (N-methyl/N-ethyl adjacent to an activating group) is 1. The maximum atomic E-state index is 6.51. The number of nitrogens with one attached hydrogen (secondary N) is 2. The number of piperazine rings is 1. The quantitative estimate of drug-likeness (QED) is 0.200. The van der Waals surface area contributed by atoms with E-state index in [-0.39, 0.29) is 5.41 Å². The van der Waals surface area contributed by atoms with Crippen LogP contribution in [0.25, 0.3) is 10.8 Å². The topological polar surface area (TPSA) is 52.7 Å². The van der Waals surface area contributed by atoms with Gasteiger partial charge in [-0.15, -0.1) is 0 Å². The predicted octanol–water partition coefficient (Wildman–Crippen LogP) is 9.34. The van der Waals surface area contributed by atoms with Crippen molar-refractivity contribution in [3.8, 4) is 11.5 Å². The summed E-state index contributed by atoms with van der Waals surface area (Å²) in [4.78, 5) is 9.47. The molecule has 2 aromatic carbocycles. The van der Waals surface area contributed by atoms with Gasteiger partial charge < -0.3 is 20.3 Å². The standard InChI is InChI=1S/C39H55N5O/c1-10-28(4)32(11-2)36(25-29(5)39(6,7)8)42-38(12-3)41-35-17-18-37(34-16-14-13-15-33(34)35)45-31-19-20-40-30(26-31)27-44-23-21-43(9)22-24-44/h12-20,25-26,28,41-42H,10-11,21-24,27H2,1-9H3/b29-25+,36-32+,38-12?. The van der Waals surface area contributed by atoms with E-state index in [4.69, 9.17) is 4.74 Å². The van der Waals surface area contributed by atoms with E-state index in [9.17, 15) is 0 Å². The zero-order chi connectivity index (χ0) is 32.6. The van der Waals surface area contributed by atoms with Crippen molar-refractivity contribution in [2.45, 2.75) is 74.8 Å². The van der Waals surface area contributed by atoms with E-state index in [1.165, 1.54) is 16.8 Å². The van der Waals surface area contributed by atoms with E-state index in [1.807, 2.05) is 12.3 Å². The van der Waals surface area contributed by atoms with Crippen molar-refractivity contribution in [2.24, 2.45) is 11.3 Å². The molecule has 6 nitrogen and oxygen atoms in total. The summed E-state index contributed by atoms with van der Waals surface area (Å²) in [7, 11) is 2.18. The molecule has 1 aromatic heterocycles. The zero-order valence-electron chi connectivity index (χ0n) is 29.1. The number of rotatable bonds is 12.